The molecule has 0 spiro atoms. The van der Waals surface area contributed by atoms with Gasteiger partial charge in [0, 0.05) is 11.6 Å². The van der Waals surface area contributed by atoms with Gasteiger partial charge < -0.3 is 0 Å². The van der Waals surface area contributed by atoms with Crippen LogP contribution in [-0.2, 0) is 5.67 Å². The first-order valence-corrected chi connectivity index (χ1v) is 4.00. The van der Waals surface area contributed by atoms with Gasteiger partial charge in [0.2, 0.25) is 0 Å². The highest BCUT2D eigenvalue weighted by atomic mass is 19.4. The second-order valence-electron chi connectivity index (χ2n) is 3.08. The SMILES string of the molecule is Fc1[c]ccc(C(F)(C(F)(F)F)C(F)(F)F)c1. The van der Waals surface area contributed by atoms with E-state index in [1.54, 1.807) is 6.07 Å². The molecule has 0 saturated carbocycles. The Morgan fingerprint density at radius 3 is 1.71 bits per heavy atom. The summed E-state index contributed by atoms with van der Waals surface area (Å²) in [4.78, 5) is 0. The fourth-order valence-electron chi connectivity index (χ4n) is 1.14. The molecule has 0 aliphatic heterocycles. The molecule has 0 unspecified atom stereocenters. The van der Waals surface area contributed by atoms with E-state index in [2.05, 4.69) is 0 Å². The molecule has 0 bridgehead atoms. The molecule has 0 aromatic heterocycles. The van der Waals surface area contributed by atoms with Crippen molar-refractivity contribution in [1.29, 1.82) is 0 Å². The van der Waals surface area contributed by atoms with Crippen LogP contribution < -0.4 is 0 Å². The van der Waals surface area contributed by atoms with Gasteiger partial charge in [0.25, 0.3) is 0 Å². The number of halogens is 8. The standard InChI is InChI=1S/C9H3F8/c10-6-3-1-2-5(4-6)7(11,8(12,13)14)9(15,16)17/h1-2,4H. The van der Waals surface area contributed by atoms with Crippen LogP contribution in [0.25, 0.3) is 0 Å². The van der Waals surface area contributed by atoms with Crippen molar-refractivity contribution in [2.24, 2.45) is 0 Å². The van der Waals surface area contributed by atoms with Gasteiger partial charge in [0.05, 0.1) is 0 Å². The Morgan fingerprint density at radius 1 is 0.882 bits per heavy atom. The second kappa shape index (κ2) is 3.85. The van der Waals surface area contributed by atoms with Gasteiger partial charge in [-0.05, 0) is 6.07 Å². The lowest BCUT2D eigenvalue weighted by Gasteiger charge is -2.30. The third-order valence-corrected chi connectivity index (χ3v) is 1.95. The summed E-state index contributed by atoms with van der Waals surface area (Å²) < 4.78 is 98.9. The highest BCUT2D eigenvalue weighted by molar-refractivity contribution is 5.26. The first-order chi connectivity index (χ1) is 7.50. The van der Waals surface area contributed by atoms with Gasteiger partial charge in [-0.1, -0.05) is 12.1 Å². The Hall–Kier alpha value is -1.34. The van der Waals surface area contributed by atoms with Gasteiger partial charge in [0.1, 0.15) is 5.82 Å². The summed E-state index contributed by atoms with van der Waals surface area (Å²) in [7, 11) is 0. The van der Waals surface area contributed by atoms with Crippen LogP contribution in [0.1, 0.15) is 5.56 Å². The molecule has 1 rings (SSSR count). The zero-order valence-corrected chi connectivity index (χ0v) is 7.76. The third-order valence-electron chi connectivity index (χ3n) is 1.95. The van der Waals surface area contributed by atoms with Crippen molar-refractivity contribution >= 4 is 0 Å². The predicted molar refractivity (Wildman–Crippen MR) is 40.1 cm³/mol. The number of hydrogen-bond donors (Lipinski definition) is 0. The number of benzene rings is 1. The van der Waals surface area contributed by atoms with E-state index >= 15 is 0 Å². The maximum atomic E-state index is 13.3. The van der Waals surface area contributed by atoms with E-state index in [0.29, 0.717) is 6.07 Å². The van der Waals surface area contributed by atoms with Crippen LogP contribution in [0.2, 0.25) is 0 Å². The number of rotatable bonds is 1. The van der Waals surface area contributed by atoms with E-state index in [1.165, 1.54) is 0 Å². The molecule has 0 fully saturated rings. The van der Waals surface area contributed by atoms with Gasteiger partial charge in [-0.15, -0.1) is 0 Å². The maximum Gasteiger partial charge on any atom is 0.435 e. The molecule has 0 N–H and O–H groups in total. The first-order valence-electron chi connectivity index (χ1n) is 4.00. The summed E-state index contributed by atoms with van der Waals surface area (Å²) in [5.74, 6) is -1.52. The highest BCUT2D eigenvalue weighted by Gasteiger charge is 2.73. The number of hydrogen-bond acceptors (Lipinski definition) is 0. The van der Waals surface area contributed by atoms with Gasteiger partial charge in [-0.3, -0.25) is 0 Å². The largest absolute Gasteiger partial charge is 0.435 e. The van der Waals surface area contributed by atoms with Crippen molar-refractivity contribution in [2.75, 3.05) is 0 Å². The van der Waals surface area contributed by atoms with Crippen molar-refractivity contribution in [3.05, 3.63) is 35.6 Å². The Bertz CT molecular complexity index is 388. The van der Waals surface area contributed by atoms with E-state index in [-0.39, 0.29) is 12.1 Å². The zero-order valence-electron chi connectivity index (χ0n) is 7.76. The monoisotopic (exact) mass is 263 g/mol. The summed E-state index contributed by atoms with van der Waals surface area (Å²) in [6.45, 7) is 0. The highest BCUT2D eigenvalue weighted by Crippen LogP contribution is 2.53. The molecule has 1 radical (unpaired) electrons. The van der Waals surface area contributed by atoms with Gasteiger partial charge >= 0.3 is 18.0 Å². The maximum absolute atomic E-state index is 13.3. The van der Waals surface area contributed by atoms with Crippen LogP contribution in [-0.4, -0.2) is 12.4 Å². The van der Waals surface area contributed by atoms with Crippen molar-refractivity contribution < 1.29 is 35.1 Å². The van der Waals surface area contributed by atoms with Crippen LogP contribution in [0.5, 0.6) is 0 Å². The lowest BCUT2D eigenvalue weighted by Crippen LogP contribution is -2.50. The van der Waals surface area contributed by atoms with E-state index < -0.39 is 29.4 Å². The molecule has 0 aliphatic rings. The van der Waals surface area contributed by atoms with Gasteiger partial charge in [-0.25, -0.2) is 8.78 Å². The Morgan fingerprint density at radius 2 is 1.35 bits per heavy atom. The minimum absolute atomic E-state index is 0.171. The molecule has 17 heavy (non-hydrogen) atoms. The van der Waals surface area contributed by atoms with Crippen molar-refractivity contribution in [1.82, 2.24) is 0 Å². The van der Waals surface area contributed by atoms with Gasteiger partial charge in [-0.2, -0.15) is 26.3 Å². The molecule has 0 atom stereocenters. The lowest BCUT2D eigenvalue weighted by molar-refractivity contribution is -0.348. The summed E-state index contributed by atoms with van der Waals surface area (Å²) in [5.41, 5.74) is -7.47. The lowest BCUT2D eigenvalue weighted by atomic mass is 9.94. The average molecular weight is 263 g/mol. The molecule has 0 amide bonds. The molecule has 1 aromatic carbocycles. The molecule has 0 nitrogen and oxygen atoms in total. The van der Waals surface area contributed by atoms with E-state index in [9.17, 15) is 35.1 Å². The van der Waals surface area contributed by atoms with Gasteiger partial charge in [0.15, 0.2) is 0 Å². The fraction of sp³-hybridized carbons (Fsp3) is 0.333. The fourth-order valence-corrected chi connectivity index (χ4v) is 1.14. The topological polar surface area (TPSA) is 0 Å². The van der Waals surface area contributed by atoms with Crippen LogP contribution in [0.15, 0.2) is 18.2 Å². The number of alkyl halides is 7. The second-order valence-corrected chi connectivity index (χ2v) is 3.08. The Balaban J connectivity index is 3.46. The smallest absolute Gasteiger partial charge is 0.218 e. The molecule has 8 heteroatoms. The summed E-state index contributed by atoms with van der Waals surface area (Å²) in [5, 5.41) is 0. The molecule has 1 aromatic rings. The quantitative estimate of drug-likeness (QED) is 0.674. The predicted octanol–water partition coefficient (Wildman–Crippen LogP) is 3.92. The zero-order chi connectivity index (χ0) is 13.5. The Labute approximate surface area is 89.9 Å². The minimum Gasteiger partial charge on any atom is -0.218 e. The van der Waals surface area contributed by atoms with Crippen LogP contribution in [0, 0.1) is 11.9 Å². The molecule has 0 saturated heterocycles. The summed E-state index contributed by atoms with van der Waals surface area (Å²) in [6.07, 6.45) is -12.5. The summed E-state index contributed by atoms with van der Waals surface area (Å²) >= 11 is 0. The molecule has 0 heterocycles. The molecular formula is C9H3F8. The molecular weight excluding hydrogens is 260 g/mol. The third kappa shape index (κ3) is 2.20. The first kappa shape index (κ1) is 13.7. The average Bonchev–Trinajstić information content (AvgIpc) is 2.12. The molecule has 0 aliphatic carbocycles. The van der Waals surface area contributed by atoms with E-state index in [0.717, 1.165) is 0 Å². The van der Waals surface area contributed by atoms with Crippen LogP contribution in [0.3, 0.4) is 0 Å². The van der Waals surface area contributed by atoms with Crippen molar-refractivity contribution in [2.45, 2.75) is 18.0 Å². The van der Waals surface area contributed by atoms with Crippen molar-refractivity contribution in [3.8, 4) is 0 Å². The normalized spacial score (nSPS) is 13.9. The van der Waals surface area contributed by atoms with E-state index in [1.807, 2.05) is 0 Å². The minimum atomic E-state index is -6.24. The van der Waals surface area contributed by atoms with Crippen LogP contribution >= 0.6 is 0 Å². The van der Waals surface area contributed by atoms with Crippen LogP contribution in [0.4, 0.5) is 35.1 Å². The Kier molecular flexibility index (Phi) is 3.11. The van der Waals surface area contributed by atoms with Crippen molar-refractivity contribution in [3.63, 3.8) is 0 Å². The summed E-state index contributed by atoms with van der Waals surface area (Å²) in [6, 6.07) is 2.10. The molecule has 95 valence electrons. The van der Waals surface area contributed by atoms with E-state index in [4.69, 9.17) is 0 Å².